The number of hydrogen-bond donors (Lipinski definition) is 3. The predicted molar refractivity (Wildman–Crippen MR) is 57.5 cm³/mol. The van der Waals surface area contributed by atoms with E-state index in [1.54, 1.807) is 0 Å². The maximum Gasteiger partial charge on any atom is 0.338 e. The van der Waals surface area contributed by atoms with Gasteiger partial charge < -0.3 is 15.3 Å². The molecule has 0 amide bonds. The second-order valence-corrected chi connectivity index (χ2v) is 3.73. The van der Waals surface area contributed by atoms with Gasteiger partial charge in [0.05, 0.1) is 11.7 Å². The van der Waals surface area contributed by atoms with Crippen LogP contribution in [0.2, 0.25) is 0 Å². The molecule has 0 saturated carbocycles. The minimum absolute atomic E-state index is 0.0428. The number of nitrogens with zero attached hydrogens (tertiary/aromatic N) is 1. The number of halogens is 2. The van der Waals surface area contributed by atoms with Gasteiger partial charge in [-0.2, -0.15) is 0 Å². The molecule has 2 atom stereocenters. The summed E-state index contributed by atoms with van der Waals surface area (Å²) in [7, 11) is 0. The Hall–Kier alpha value is -1.24. The highest BCUT2D eigenvalue weighted by atomic mass is 35.5. The summed E-state index contributed by atoms with van der Waals surface area (Å²) >= 11 is 5.37. The van der Waals surface area contributed by atoms with E-state index in [0.29, 0.717) is 0 Å². The van der Waals surface area contributed by atoms with Crippen LogP contribution in [0, 0.1) is 5.82 Å². The normalized spacial score (nSPS) is 14.4. The van der Waals surface area contributed by atoms with Crippen molar-refractivity contribution in [1.82, 2.24) is 4.98 Å². The first kappa shape index (κ1) is 13.8. The largest absolute Gasteiger partial charge is 0.478 e. The number of rotatable bonds is 5. The number of carboxylic acid groups (broad SMARTS) is 1. The fourth-order valence-electron chi connectivity index (χ4n) is 1.28. The van der Waals surface area contributed by atoms with Crippen molar-refractivity contribution in [2.45, 2.75) is 18.6 Å². The quantitative estimate of drug-likeness (QED) is 0.688. The van der Waals surface area contributed by atoms with Gasteiger partial charge in [0.15, 0.2) is 5.82 Å². The molecule has 0 aromatic carbocycles. The minimum Gasteiger partial charge on any atom is -0.478 e. The third kappa shape index (κ3) is 3.12. The van der Waals surface area contributed by atoms with Crippen LogP contribution >= 0.6 is 11.6 Å². The van der Waals surface area contributed by atoms with Crippen LogP contribution in [-0.2, 0) is 0 Å². The van der Waals surface area contributed by atoms with Crippen LogP contribution in [0.15, 0.2) is 12.3 Å². The summed E-state index contributed by atoms with van der Waals surface area (Å²) in [6.07, 6.45) is -1.80. The molecule has 7 heteroatoms. The van der Waals surface area contributed by atoms with Crippen LogP contribution in [0.4, 0.5) is 4.39 Å². The van der Waals surface area contributed by atoms with Crippen molar-refractivity contribution in [1.29, 1.82) is 0 Å². The second kappa shape index (κ2) is 5.90. The van der Waals surface area contributed by atoms with Crippen molar-refractivity contribution in [3.8, 4) is 0 Å². The van der Waals surface area contributed by atoms with Crippen molar-refractivity contribution in [3.63, 3.8) is 0 Å². The molecule has 94 valence electrons. The highest BCUT2D eigenvalue weighted by molar-refractivity contribution is 6.17. The van der Waals surface area contributed by atoms with Gasteiger partial charge in [-0.05, 0) is 12.5 Å². The first-order valence-electron chi connectivity index (χ1n) is 4.78. The van der Waals surface area contributed by atoms with Crippen LogP contribution in [0.3, 0.4) is 0 Å². The van der Waals surface area contributed by atoms with E-state index in [1.807, 2.05) is 0 Å². The molecule has 17 heavy (non-hydrogen) atoms. The van der Waals surface area contributed by atoms with E-state index in [2.05, 4.69) is 4.98 Å². The summed E-state index contributed by atoms with van der Waals surface area (Å²) in [5, 5.41) is 27.7. The molecule has 1 rings (SSSR count). The minimum atomic E-state index is -1.60. The molecule has 2 unspecified atom stereocenters. The Morgan fingerprint density at radius 3 is 2.71 bits per heavy atom. The third-order valence-corrected chi connectivity index (χ3v) is 2.41. The highest BCUT2D eigenvalue weighted by Crippen LogP contribution is 2.22. The molecule has 0 aliphatic heterocycles. The standard InChI is InChI=1S/C10H11ClFNO4/c11-3-1-6(14)9(15)8-7(12)5(10(16)17)2-4-13-8/h2,4,6,9,14-15H,1,3H2,(H,16,17). The molecule has 1 aromatic rings. The fraction of sp³-hybridized carbons (Fsp3) is 0.400. The maximum absolute atomic E-state index is 13.6. The number of pyridine rings is 1. The SMILES string of the molecule is O=C(O)c1ccnc(C(O)C(O)CCCl)c1F. The molecule has 0 bridgehead atoms. The van der Waals surface area contributed by atoms with E-state index in [-0.39, 0.29) is 12.3 Å². The zero-order valence-corrected chi connectivity index (χ0v) is 9.43. The molecule has 1 aromatic heterocycles. The lowest BCUT2D eigenvalue weighted by Gasteiger charge is -2.17. The summed E-state index contributed by atoms with van der Waals surface area (Å²) in [6, 6.07) is 0.974. The van der Waals surface area contributed by atoms with Gasteiger partial charge in [0.2, 0.25) is 0 Å². The van der Waals surface area contributed by atoms with Crippen molar-refractivity contribution >= 4 is 17.6 Å². The predicted octanol–water partition coefficient (Wildman–Crippen LogP) is 0.942. The summed E-state index contributed by atoms with van der Waals surface area (Å²) in [4.78, 5) is 14.2. The van der Waals surface area contributed by atoms with E-state index in [9.17, 15) is 19.4 Å². The van der Waals surface area contributed by atoms with Gasteiger partial charge >= 0.3 is 5.97 Å². The second-order valence-electron chi connectivity index (χ2n) is 3.35. The Morgan fingerprint density at radius 1 is 1.53 bits per heavy atom. The Bertz CT molecular complexity index is 415. The molecular weight excluding hydrogens is 253 g/mol. The summed E-state index contributed by atoms with van der Waals surface area (Å²) in [5.74, 6) is -2.54. The summed E-state index contributed by atoms with van der Waals surface area (Å²) in [6.45, 7) is 0. The maximum atomic E-state index is 13.6. The van der Waals surface area contributed by atoms with Gasteiger partial charge in [0, 0.05) is 12.1 Å². The molecule has 0 aliphatic rings. The van der Waals surface area contributed by atoms with Crippen LogP contribution < -0.4 is 0 Å². The van der Waals surface area contributed by atoms with Gasteiger partial charge in [-0.25, -0.2) is 9.18 Å². The summed E-state index contributed by atoms with van der Waals surface area (Å²) in [5.41, 5.74) is -1.10. The Kier molecular flexibility index (Phi) is 4.80. The van der Waals surface area contributed by atoms with E-state index in [0.717, 1.165) is 12.3 Å². The van der Waals surface area contributed by atoms with Gasteiger partial charge in [0.25, 0.3) is 0 Å². The number of aliphatic hydroxyl groups excluding tert-OH is 2. The topological polar surface area (TPSA) is 90.7 Å². The fourth-order valence-corrected chi connectivity index (χ4v) is 1.51. The first-order chi connectivity index (χ1) is 7.99. The van der Waals surface area contributed by atoms with Gasteiger partial charge in [-0.15, -0.1) is 11.6 Å². The Balaban J connectivity index is 3.06. The molecule has 0 spiro atoms. The number of carboxylic acids is 1. The molecular formula is C10H11ClFNO4. The number of carbonyl (C=O) groups is 1. The molecule has 0 radical (unpaired) electrons. The zero-order valence-electron chi connectivity index (χ0n) is 8.68. The smallest absolute Gasteiger partial charge is 0.338 e. The van der Waals surface area contributed by atoms with Gasteiger partial charge in [-0.3, -0.25) is 4.98 Å². The average molecular weight is 264 g/mol. The lowest BCUT2D eigenvalue weighted by Crippen LogP contribution is -2.22. The molecule has 3 N–H and O–H groups in total. The number of aliphatic hydroxyl groups is 2. The average Bonchev–Trinajstić information content (AvgIpc) is 2.28. The number of aromatic nitrogens is 1. The highest BCUT2D eigenvalue weighted by Gasteiger charge is 2.25. The van der Waals surface area contributed by atoms with E-state index in [1.165, 1.54) is 0 Å². The van der Waals surface area contributed by atoms with Crippen LogP contribution in [0.25, 0.3) is 0 Å². The summed E-state index contributed by atoms with van der Waals surface area (Å²) < 4.78 is 13.6. The lowest BCUT2D eigenvalue weighted by atomic mass is 10.1. The van der Waals surface area contributed by atoms with Crippen molar-refractivity contribution < 1.29 is 24.5 Å². The van der Waals surface area contributed by atoms with Gasteiger partial charge in [-0.1, -0.05) is 0 Å². The van der Waals surface area contributed by atoms with Crippen molar-refractivity contribution in [2.75, 3.05) is 5.88 Å². The number of aromatic carboxylic acids is 1. The molecule has 0 fully saturated rings. The van der Waals surface area contributed by atoms with Crippen molar-refractivity contribution in [2.24, 2.45) is 0 Å². The van der Waals surface area contributed by atoms with Gasteiger partial charge in [0.1, 0.15) is 11.8 Å². The number of alkyl halides is 1. The van der Waals surface area contributed by atoms with Crippen LogP contribution in [0.1, 0.15) is 28.6 Å². The van der Waals surface area contributed by atoms with Crippen molar-refractivity contribution in [3.05, 3.63) is 29.3 Å². The molecule has 0 aliphatic carbocycles. The van der Waals surface area contributed by atoms with Crippen LogP contribution in [-0.4, -0.2) is 38.3 Å². The zero-order chi connectivity index (χ0) is 13.0. The first-order valence-corrected chi connectivity index (χ1v) is 5.32. The molecule has 0 saturated heterocycles. The van der Waals surface area contributed by atoms with E-state index in [4.69, 9.17) is 16.7 Å². The lowest BCUT2D eigenvalue weighted by molar-refractivity contribution is 0.0120. The monoisotopic (exact) mass is 263 g/mol. The van der Waals surface area contributed by atoms with E-state index >= 15 is 0 Å². The number of hydrogen-bond acceptors (Lipinski definition) is 4. The molecule has 1 heterocycles. The van der Waals surface area contributed by atoms with Crippen LogP contribution in [0.5, 0.6) is 0 Å². The Morgan fingerprint density at radius 2 is 2.18 bits per heavy atom. The molecule has 5 nitrogen and oxygen atoms in total. The Labute approximate surface area is 101 Å². The third-order valence-electron chi connectivity index (χ3n) is 2.20. The van der Waals surface area contributed by atoms with E-state index < -0.39 is 35.3 Å².